The van der Waals surface area contributed by atoms with E-state index in [0.29, 0.717) is 46.6 Å². The van der Waals surface area contributed by atoms with Gasteiger partial charge in [-0.25, -0.2) is 0 Å². The van der Waals surface area contributed by atoms with Crippen molar-refractivity contribution < 1.29 is 19.1 Å². The van der Waals surface area contributed by atoms with Gasteiger partial charge in [0.2, 0.25) is 5.91 Å². The number of ether oxygens (including phenoxy) is 2. The number of nitriles is 1. The highest BCUT2D eigenvalue weighted by molar-refractivity contribution is 8.05. The number of rotatable bonds is 9. The molecule has 0 spiro atoms. The summed E-state index contributed by atoms with van der Waals surface area (Å²) < 4.78 is 10.6. The number of anilines is 1. The Morgan fingerprint density at radius 2 is 1.71 bits per heavy atom. The number of benzene rings is 3. The number of carbonyl (C=O) groups is 2. The summed E-state index contributed by atoms with van der Waals surface area (Å²) in [5.74, 6) is 0.504. The summed E-state index contributed by atoms with van der Waals surface area (Å²) in [7, 11) is 3.13. The number of halogens is 1. The van der Waals surface area contributed by atoms with Gasteiger partial charge in [0.15, 0.2) is 11.5 Å². The second-order valence-corrected chi connectivity index (χ2v) is 10.1. The van der Waals surface area contributed by atoms with Gasteiger partial charge in [0.05, 0.1) is 19.5 Å². The number of hydrogen-bond acceptors (Lipinski definition) is 6. The first-order chi connectivity index (χ1) is 18.4. The molecule has 0 unspecified atom stereocenters. The lowest BCUT2D eigenvalue weighted by Gasteiger charge is -2.18. The predicted molar refractivity (Wildman–Crippen MR) is 149 cm³/mol. The maximum atomic E-state index is 13.5. The Hall–Kier alpha value is -3.93. The number of methoxy groups -OCH3 is 2. The second-order valence-electron chi connectivity index (χ2n) is 8.43. The lowest BCUT2D eigenvalue weighted by Crippen LogP contribution is -2.32. The summed E-state index contributed by atoms with van der Waals surface area (Å²) in [6.45, 7) is 0.297. The van der Waals surface area contributed by atoms with Crippen LogP contribution >= 0.6 is 23.4 Å². The van der Waals surface area contributed by atoms with E-state index in [1.165, 1.54) is 16.7 Å². The van der Waals surface area contributed by atoms with Gasteiger partial charge in [-0.05, 0) is 60.4 Å². The maximum absolute atomic E-state index is 13.5. The Balaban J connectivity index is 1.55. The average molecular weight is 548 g/mol. The molecular formula is C29H26ClN3O4S. The molecule has 0 saturated carbocycles. The van der Waals surface area contributed by atoms with Crippen LogP contribution in [0.15, 0.2) is 83.4 Å². The third-order valence-electron chi connectivity index (χ3n) is 6.00. The van der Waals surface area contributed by atoms with E-state index in [0.717, 1.165) is 11.1 Å². The van der Waals surface area contributed by atoms with Crippen molar-refractivity contribution in [3.05, 3.63) is 99.5 Å². The van der Waals surface area contributed by atoms with Crippen LogP contribution in [0.25, 0.3) is 0 Å². The van der Waals surface area contributed by atoms with Crippen LogP contribution in [-0.4, -0.2) is 37.8 Å². The van der Waals surface area contributed by atoms with Crippen molar-refractivity contribution in [1.29, 1.82) is 5.26 Å². The van der Waals surface area contributed by atoms with Crippen molar-refractivity contribution in [2.24, 2.45) is 0 Å². The molecular weight excluding hydrogens is 522 g/mol. The average Bonchev–Trinajstić information content (AvgIpc) is 3.25. The molecule has 1 N–H and O–H groups in total. The Morgan fingerprint density at radius 3 is 2.37 bits per heavy atom. The van der Waals surface area contributed by atoms with Crippen LogP contribution in [0.5, 0.6) is 11.5 Å². The summed E-state index contributed by atoms with van der Waals surface area (Å²) in [5, 5.41) is 13.3. The minimum atomic E-state index is -0.531. The number of para-hydroxylation sites is 1. The highest BCUT2D eigenvalue weighted by atomic mass is 35.5. The van der Waals surface area contributed by atoms with E-state index < -0.39 is 11.2 Å². The van der Waals surface area contributed by atoms with Gasteiger partial charge in [-0.1, -0.05) is 59.8 Å². The number of nitrogens with one attached hydrogen (secondary N) is 1. The van der Waals surface area contributed by atoms with Crippen molar-refractivity contribution >= 4 is 40.9 Å². The smallest absolute Gasteiger partial charge is 0.264 e. The highest BCUT2D eigenvalue weighted by Gasteiger charge is 2.40. The minimum absolute atomic E-state index is 0.0990. The maximum Gasteiger partial charge on any atom is 0.264 e. The molecule has 2 amide bonds. The summed E-state index contributed by atoms with van der Waals surface area (Å²) in [6, 6.07) is 23.9. The fourth-order valence-corrected chi connectivity index (χ4v) is 5.51. The van der Waals surface area contributed by atoms with Crippen LogP contribution in [0.4, 0.5) is 5.69 Å². The van der Waals surface area contributed by atoms with Crippen LogP contribution in [0.1, 0.15) is 11.1 Å². The van der Waals surface area contributed by atoms with Gasteiger partial charge in [0.25, 0.3) is 5.91 Å². The zero-order valence-electron chi connectivity index (χ0n) is 20.9. The zero-order chi connectivity index (χ0) is 27.1. The molecule has 4 rings (SSSR count). The molecule has 7 nitrogen and oxygen atoms in total. The predicted octanol–water partition coefficient (Wildman–Crippen LogP) is 5.14. The van der Waals surface area contributed by atoms with Gasteiger partial charge >= 0.3 is 0 Å². The molecule has 0 bridgehead atoms. The van der Waals surface area contributed by atoms with Crippen molar-refractivity contribution in [2.75, 3.05) is 25.7 Å². The first kappa shape index (κ1) is 27.1. The van der Waals surface area contributed by atoms with Crippen molar-refractivity contribution in [3.63, 3.8) is 0 Å². The Morgan fingerprint density at radius 1 is 1.03 bits per heavy atom. The molecule has 194 valence electrons. The monoisotopic (exact) mass is 547 g/mol. The number of nitrogens with zero attached hydrogens (tertiary/aromatic N) is 2. The molecule has 1 atom stereocenters. The van der Waals surface area contributed by atoms with Crippen LogP contribution in [0.3, 0.4) is 0 Å². The van der Waals surface area contributed by atoms with Gasteiger partial charge < -0.3 is 14.8 Å². The number of thioether (sulfide) groups is 1. The van der Waals surface area contributed by atoms with E-state index in [4.69, 9.17) is 21.1 Å². The quantitative estimate of drug-likeness (QED) is 0.294. The molecule has 1 aliphatic rings. The molecule has 1 heterocycles. The van der Waals surface area contributed by atoms with Gasteiger partial charge in [-0.2, -0.15) is 5.26 Å². The molecule has 9 heteroatoms. The Kier molecular flexibility index (Phi) is 8.95. The molecule has 38 heavy (non-hydrogen) atoms. The van der Waals surface area contributed by atoms with E-state index in [2.05, 4.69) is 5.32 Å². The number of amides is 2. The molecule has 0 aromatic heterocycles. The number of carbonyl (C=O) groups excluding carboxylic acids is 2. The molecule has 0 radical (unpaired) electrons. The number of hydrogen-bond donors (Lipinski definition) is 1. The zero-order valence-corrected chi connectivity index (χ0v) is 22.5. The molecule has 3 aromatic rings. The summed E-state index contributed by atoms with van der Waals surface area (Å²) in [5.41, 5.74) is 2.38. The van der Waals surface area contributed by atoms with Crippen molar-refractivity contribution in [1.82, 2.24) is 5.32 Å². The molecule has 1 saturated heterocycles. The highest BCUT2D eigenvalue weighted by Crippen LogP contribution is 2.42. The largest absolute Gasteiger partial charge is 0.493 e. The van der Waals surface area contributed by atoms with E-state index in [-0.39, 0.29) is 11.5 Å². The van der Waals surface area contributed by atoms with Crippen LogP contribution in [0.2, 0.25) is 5.02 Å². The standard InChI is InChI=1S/C29H26ClN3O4S/c1-36-24-13-10-20(16-25(24)37-2)14-15-32-27(34)23(18-31)29-33(22-6-4-3-5-7-22)28(35)26(38-29)17-19-8-11-21(30)12-9-19/h3-13,16,26H,14-15,17H2,1-2H3,(H,32,34)/b29-23+/t26-/m1/s1. The first-order valence-corrected chi connectivity index (χ1v) is 13.1. The van der Waals surface area contributed by atoms with Crippen LogP contribution < -0.4 is 19.7 Å². The summed E-state index contributed by atoms with van der Waals surface area (Å²) >= 11 is 7.24. The van der Waals surface area contributed by atoms with Crippen molar-refractivity contribution in [2.45, 2.75) is 18.1 Å². The molecule has 3 aromatic carbocycles. The summed E-state index contributed by atoms with van der Waals surface area (Å²) in [6.07, 6.45) is 0.959. The summed E-state index contributed by atoms with van der Waals surface area (Å²) in [4.78, 5) is 28.2. The minimum Gasteiger partial charge on any atom is -0.493 e. The topological polar surface area (TPSA) is 91.7 Å². The second kappa shape index (κ2) is 12.5. The van der Waals surface area contributed by atoms with E-state index in [1.54, 1.807) is 44.6 Å². The first-order valence-electron chi connectivity index (χ1n) is 11.9. The van der Waals surface area contributed by atoms with Gasteiger partial charge in [0, 0.05) is 17.3 Å². The van der Waals surface area contributed by atoms with Gasteiger partial charge in [0.1, 0.15) is 16.7 Å². The third kappa shape index (κ3) is 6.13. The Labute approximate surface area is 231 Å². The normalized spacial score (nSPS) is 16.1. The van der Waals surface area contributed by atoms with Gasteiger partial charge in [-0.3, -0.25) is 14.5 Å². The lowest BCUT2D eigenvalue weighted by atomic mass is 10.1. The van der Waals surface area contributed by atoms with E-state index in [9.17, 15) is 14.9 Å². The fraction of sp³-hybridized carbons (Fsp3) is 0.207. The van der Waals surface area contributed by atoms with Crippen LogP contribution in [-0.2, 0) is 22.4 Å². The van der Waals surface area contributed by atoms with Crippen molar-refractivity contribution in [3.8, 4) is 17.6 Å². The van der Waals surface area contributed by atoms with Crippen LogP contribution in [0, 0.1) is 11.3 Å². The Bertz CT molecular complexity index is 1390. The SMILES string of the molecule is COc1ccc(CCNC(=O)/C(C#N)=C2/S[C@H](Cc3ccc(Cl)cc3)C(=O)N2c2ccccc2)cc1OC. The van der Waals surface area contributed by atoms with E-state index >= 15 is 0 Å². The lowest BCUT2D eigenvalue weighted by molar-refractivity contribution is -0.117. The van der Waals surface area contributed by atoms with E-state index in [1.807, 2.05) is 48.5 Å². The molecule has 0 aliphatic carbocycles. The van der Waals surface area contributed by atoms with Gasteiger partial charge in [-0.15, -0.1) is 0 Å². The molecule has 1 aliphatic heterocycles. The fourth-order valence-electron chi connectivity index (χ4n) is 4.08. The molecule has 1 fully saturated rings. The third-order valence-corrected chi connectivity index (χ3v) is 7.52.